The van der Waals surface area contributed by atoms with Crippen LogP contribution in [0.2, 0.25) is 0 Å². The summed E-state index contributed by atoms with van der Waals surface area (Å²) >= 11 is 0. The minimum Gasteiger partial charge on any atom is -0.450 e. The number of amides is 2. The van der Waals surface area contributed by atoms with Crippen molar-refractivity contribution in [1.82, 2.24) is 10.2 Å². The molecule has 0 aromatic carbocycles. The predicted octanol–water partition coefficient (Wildman–Crippen LogP) is 3.97. The Morgan fingerprint density at radius 3 is 2.07 bits per heavy atom. The van der Waals surface area contributed by atoms with Crippen molar-refractivity contribution in [3.05, 3.63) is 0 Å². The van der Waals surface area contributed by atoms with E-state index in [0.29, 0.717) is 31.2 Å². The molecular weight excluding hydrogens is 340 g/mol. The lowest BCUT2D eigenvalue weighted by Crippen LogP contribution is -2.57. The molecule has 0 spiro atoms. The van der Waals surface area contributed by atoms with Crippen LogP contribution < -0.4 is 5.32 Å². The van der Waals surface area contributed by atoms with Gasteiger partial charge < -0.3 is 15.0 Å². The summed E-state index contributed by atoms with van der Waals surface area (Å²) in [5.41, 5.74) is 0.366. The van der Waals surface area contributed by atoms with Gasteiger partial charge in [-0.25, -0.2) is 4.79 Å². The monoisotopic (exact) mass is 376 g/mol. The molecule has 1 heterocycles. The fourth-order valence-corrected chi connectivity index (χ4v) is 7.12. The molecular formula is C22H36N2O3. The first kappa shape index (κ1) is 19.1. The summed E-state index contributed by atoms with van der Waals surface area (Å²) in [5, 5.41) is 3.49. The number of nitrogens with one attached hydrogen (secondary N) is 1. The minimum absolute atomic E-state index is 0.0404. The van der Waals surface area contributed by atoms with E-state index < -0.39 is 0 Å². The number of hydrogen-bond acceptors (Lipinski definition) is 3. The van der Waals surface area contributed by atoms with E-state index >= 15 is 0 Å². The highest BCUT2D eigenvalue weighted by atomic mass is 16.6. The van der Waals surface area contributed by atoms with Crippen molar-refractivity contribution in [3.8, 4) is 0 Å². The maximum Gasteiger partial charge on any atom is 0.409 e. The average molecular weight is 377 g/mol. The van der Waals surface area contributed by atoms with Crippen LogP contribution in [0.15, 0.2) is 0 Å². The van der Waals surface area contributed by atoms with Gasteiger partial charge in [-0.15, -0.1) is 0 Å². The quantitative estimate of drug-likeness (QED) is 0.790. The summed E-state index contributed by atoms with van der Waals surface area (Å²) in [6.45, 7) is 5.74. The second-order valence-electron chi connectivity index (χ2n) is 9.71. The van der Waals surface area contributed by atoms with E-state index in [-0.39, 0.29) is 17.9 Å². The molecule has 4 aliphatic carbocycles. The molecule has 4 saturated carbocycles. The molecule has 1 N–H and O–H groups in total. The molecule has 0 unspecified atom stereocenters. The van der Waals surface area contributed by atoms with Crippen molar-refractivity contribution in [2.24, 2.45) is 29.1 Å². The second-order valence-corrected chi connectivity index (χ2v) is 9.71. The van der Waals surface area contributed by atoms with Gasteiger partial charge in [-0.3, -0.25) is 4.79 Å². The molecule has 5 fully saturated rings. The molecule has 0 aromatic rings. The molecule has 152 valence electrons. The molecule has 5 rings (SSSR count). The zero-order valence-electron chi connectivity index (χ0n) is 17.0. The van der Waals surface area contributed by atoms with Gasteiger partial charge in [0.1, 0.15) is 0 Å². The maximum absolute atomic E-state index is 13.0. The van der Waals surface area contributed by atoms with Crippen LogP contribution in [0.1, 0.15) is 71.6 Å². The molecule has 5 nitrogen and oxygen atoms in total. The number of carbonyl (C=O) groups excluding carboxylic acids is 2. The molecule has 4 bridgehead atoms. The molecule has 5 heteroatoms. The Balaban J connectivity index is 1.34. The van der Waals surface area contributed by atoms with Crippen molar-refractivity contribution >= 4 is 12.0 Å². The van der Waals surface area contributed by atoms with E-state index in [1.807, 2.05) is 6.92 Å². The lowest BCUT2D eigenvalue weighted by atomic mass is 9.47. The molecule has 27 heavy (non-hydrogen) atoms. The maximum atomic E-state index is 13.0. The predicted molar refractivity (Wildman–Crippen MR) is 104 cm³/mol. The van der Waals surface area contributed by atoms with Crippen molar-refractivity contribution in [2.75, 3.05) is 19.7 Å². The number of piperidine rings is 1. The Bertz CT molecular complexity index is 533. The Morgan fingerprint density at radius 2 is 1.59 bits per heavy atom. The SMILES string of the molecule is CCOC(=O)N1CCC(C(=O)N[C@H](CC)C23CC4CC(CC(C4)C2)C3)CC1. The van der Waals surface area contributed by atoms with Gasteiger partial charge in [-0.05, 0) is 87.9 Å². The molecule has 0 radical (unpaired) electrons. The number of rotatable bonds is 5. The first-order valence-corrected chi connectivity index (χ1v) is 11.2. The van der Waals surface area contributed by atoms with E-state index in [1.165, 1.54) is 38.5 Å². The zero-order valence-corrected chi connectivity index (χ0v) is 17.0. The summed E-state index contributed by atoms with van der Waals surface area (Å²) in [6.07, 6.45) is 10.6. The number of likely N-dealkylation sites (tertiary alicyclic amines) is 1. The number of hydrogen-bond donors (Lipinski definition) is 1. The van der Waals surface area contributed by atoms with Crippen LogP contribution in [0.25, 0.3) is 0 Å². The van der Waals surface area contributed by atoms with E-state index in [4.69, 9.17) is 4.74 Å². The number of ether oxygens (including phenoxy) is 1. The smallest absolute Gasteiger partial charge is 0.409 e. The van der Waals surface area contributed by atoms with Gasteiger partial charge in [0.2, 0.25) is 5.91 Å². The van der Waals surface area contributed by atoms with Crippen LogP contribution >= 0.6 is 0 Å². The third-order valence-corrected chi connectivity index (χ3v) is 7.94. The number of carbonyl (C=O) groups is 2. The van der Waals surface area contributed by atoms with Crippen LogP contribution in [0.4, 0.5) is 4.79 Å². The lowest BCUT2D eigenvalue weighted by molar-refractivity contribution is -0.131. The minimum atomic E-state index is -0.239. The summed E-state index contributed by atoms with van der Waals surface area (Å²) < 4.78 is 5.08. The summed E-state index contributed by atoms with van der Waals surface area (Å²) in [5.74, 6) is 3.00. The summed E-state index contributed by atoms with van der Waals surface area (Å²) in [6, 6.07) is 0.335. The second kappa shape index (κ2) is 7.63. The van der Waals surface area contributed by atoms with Crippen LogP contribution in [-0.2, 0) is 9.53 Å². The van der Waals surface area contributed by atoms with Gasteiger partial charge in [0.15, 0.2) is 0 Å². The van der Waals surface area contributed by atoms with Gasteiger partial charge in [0.05, 0.1) is 6.61 Å². The van der Waals surface area contributed by atoms with E-state index in [2.05, 4.69) is 12.2 Å². The highest BCUT2D eigenvalue weighted by Crippen LogP contribution is 2.61. The highest BCUT2D eigenvalue weighted by Gasteiger charge is 2.54. The zero-order chi connectivity index (χ0) is 19.0. The van der Waals surface area contributed by atoms with Gasteiger partial charge in [-0.2, -0.15) is 0 Å². The molecule has 1 saturated heterocycles. The Hall–Kier alpha value is -1.26. The normalized spacial score (nSPS) is 36.5. The van der Waals surface area contributed by atoms with Crippen LogP contribution in [0.3, 0.4) is 0 Å². The molecule has 1 atom stereocenters. The molecule has 1 aliphatic heterocycles. The Morgan fingerprint density at radius 1 is 1.04 bits per heavy atom. The third kappa shape index (κ3) is 3.71. The van der Waals surface area contributed by atoms with Gasteiger partial charge >= 0.3 is 6.09 Å². The van der Waals surface area contributed by atoms with Crippen LogP contribution in [0, 0.1) is 29.1 Å². The third-order valence-electron chi connectivity index (χ3n) is 7.94. The first-order chi connectivity index (χ1) is 13.0. The van der Waals surface area contributed by atoms with Crippen molar-refractivity contribution in [3.63, 3.8) is 0 Å². The standard InChI is InChI=1S/C22H36N2O3/c1-3-19(22-12-15-9-16(13-22)11-17(10-15)14-22)23-20(25)18-5-7-24(8-6-18)21(26)27-4-2/h15-19H,3-14H2,1-2H3,(H,23,25)/t15?,16?,17?,19-,22?/m1/s1. The van der Waals surface area contributed by atoms with E-state index in [1.54, 1.807) is 4.90 Å². The van der Waals surface area contributed by atoms with Crippen LogP contribution in [0.5, 0.6) is 0 Å². The van der Waals surface area contributed by atoms with Crippen molar-refractivity contribution in [1.29, 1.82) is 0 Å². The van der Waals surface area contributed by atoms with Gasteiger partial charge in [0, 0.05) is 25.0 Å². The Kier molecular flexibility index (Phi) is 5.39. The molecule has 2 amide bonds. The fourth-order valence-electron chi connectivity index (χ4n) is 7.12. The molecule has 0 aromatic heterocycles. The van der Waals surface area contributed by atoms with Gasteiger partial charge in [-0.1, -0.05) is 6.92 Å². The first-order valence-electron chi connectivity index (χ1n) is 11.2. The lowest BCUT2D eigenvalue weighted by Gasteiger charge is -2.59. The van der Waals surface area contributed by atoms with Crippen molar-refractivity contribution in [2.45, 2.75) is 77.7 Å². The average Bonchev–Trinajstić information content (AvgIpc) is 2.65. The Labute approximate surface area is 163 Å². The summed E-state index contributed by atoms with van der Waals surface area (Å²) in [7, 11) is 0. The van der Waals surface area contributed by atoms with Crippen LogP contribution in [-0.4, -0.2) is 42.6 Å². The summed E-state index contributed by atoms with van der Waals surface area (Å²) in [4.78, 5) is 26.6. The topological polar surface area (TPSA) is 58.6 Å². The van der Waals surface area contributed by atoms with E-state index in [0.717, 1.165) is 37.0 Å². The fraction of sp³-hybridized carbons (Fsp3) is 0.909. The highest BCUT2D eigenvalue weighted by molar-refractivity contribution is 5.79. The number of nitrogens with zero attached hydrogens (tertiary/aromatic N) is 1. The molecule has 5 aliphatic rings. The van der Waals surface area contributed by atoms with E-state index in [9.17, 15) is 9.59 Å². The largest absolute Gasteiger partial charge is 0.450 e. The van der Waals surface area contributed by atoms with Crippen molar-refractivity contribution < 1.29 is 14.3 Å². The van der Waals surface area contributed by atoms with Gasteiger partial charge in [0.25, 0.3) is 0 Å².